The molecule has 0 aliphatic heterocycles. The lowest BCUT2D eigenvalue weighted by molar-refractivity contribution is 0.421. The van der Waals surface area contributed by atoms with E-state index in [1.54, 1.807) is 5.57 Å². The van der Waals surface area contributed by atoms with Gasteiger partial charge in [-0.1, -0.05) is 50.1 Å². The van der Waals surface area contributed by atoms with Gasteiger partial charge in [-0.15, -0.1) is 0 Å². The highest BCUT2D eigenvalue weighted by molar-refractivity contribution is 5.51. The summed E-state index contributed by atoms with van der Waals surface area (Å²) in [4.78, 5) is 0. The van der Waals surface area contributed by atoms with E-state index in [2.05, 4.69) is 56.4 Å². The summed E-state index contributed by atoms with van der Waals surface area (Å²) in [6.07, 6.45) is 7.39. The number of allylic oxidation sites excluding steroid dienone is 2. The van der Waals surface area contributed by atoms with Gasteiger partial charge in [-0.05, 0) is 49.7 Å². The summed E-state index contributed by atoms with van der Waals surface area (Å²) in [5.41, 5.74) is 4.36. The molecule has 2 atom stereocenters. The molecule has 0 saturated carbocycles. The van der Waals surface area contributed by atoms with E-state index in [1.165, 1.54) is 36.9 Å². The third-order valence-corrected chi connectivity index (χ3v) is 4.00. The fraction of sp³-hybridized carbons (Fsp3) is 0.556. The molecule has 1 N–H and O–H groups in total. The molecule has 1 aromatic rings. The van der Waals surface area contributed by atoms with Crippen LogP contribution in [0.3, 0.4) is 0 Å². The number of hydrogen-bond donors (Lipinski definition) is 1. The van der Waals surface area contributed by atoms with Crippen molar-refractivity contribution in [1.29, 1.82) is 0 Å². The van der Waals surface area contributed by atoms with Gasteiger partial charge in [0.05, 0.1) is 0 Å². The highest BCUT2D eigenvalue weighted by Crippen LogP contribution is 2.28. The maximum Gasteiger partial charge on any atom is 0.0372 e. The first-order valence-electron chi connectivity index (χ1n) is 7.68. The maximum atomic E-state index is 3.68. The molecule has 104 valence electrons. The van der Waals surface area contributed by atoms with Crippen molar-refractivity contribution in [3.8, 4) is 0 Å². The van der Waals surface area contributed by atoms with Gasteiger partial charge in [0.1, 0.15) is 0 Å². The Labute approximate surface area is 118 Å². The summed E-state index contributed by atoms with van der Waals surface area (Å²) in [5.74, 6) is 1.53. The van der Waals surface area contributed by atoms with E-state index >= 15 is 0 Å². The van der Waals surface area contributed by atoms with Gasteiger partial charge in [0.25, 0.3) is 0 Å². The highest BCUT2D eigenvalue weighted by atomic mass is 14.9. The molecular formula is C18H27N. The van der Waals surface area contributed by atoms with Crippen molar-refractivity contribution in [2.75, 3.05) is 11.9 Å². The van der Waals surface area contributed by atoms with E-state index in [-0.39, 0.29) is 0 Å². The summed E-state index contributed by atoms with van der Waals surface area (Å²) >= 11 is 0. The molecule has 0 aromatic heterocycles. The molecule has 1 aliphatic rings. The standard InChI is InChI=1S/C18H27N/c1-4-7-17-8-5-6-9-18(17)19-13-16-11-14(2)10-15(3)12-16/h5-6,8-10,14,16,19H,4,7,11-13H2,1-3H3. The molecule has 0 fully saturated rings. The van der Waals surface area contributed by atoms with Gasteiger partial charge in [0.2, 0.25) is 0 Å². The molecule has 0 amide bonds. The Morgan fingerprint density at radius 3 is 2.79 bits per heavy atom. The molecular weight excluding hydrogens is 230 g/mol. The predicted octanol–water partition coefficient (Wildman–Crippen LogP) is 5.04. The number of benzene rings is 1. The first-order chi connectivity index (χ1) is 9.19. The Morgan fingerprint density at radius 2 is 2.05 bits per heavy atom. The summed E-state index contributed by atoms with van der Waals surface area (Å²) in [7, 11) is 0. The number of nitrogens with one attached hydrogen (secondary N) is 1. The first-order valence-corrected chi connectivity index (χ1v) is 7.68. The lowest BCUT2D eigenvalue weighted by Crippen LogP contribution is -2.20. The maximum absolute atomic E-state index is 3.68. The van der Waals surface area contributed by atoms with Crippen molar-refractivity contribution in [2.24, 2.45) is 11.8 Å². The van der Waals surface area contributed by atoms with Crippen molar-refractivity contribution in [3.63, 3.8) is 0 Å². The molecule has 0 spiro atoms. The molecule has 0 heterocycles. The first kappa shape index (κ1) is 14.2. The van der Waals surface area contributed by atoms with Gasteiger partial charge in [0.15, 0.2) is 0 Å². The average Bonchev–Trinajstić information content (AvgIpc) is 2.37. The minimum atomic E-state index is 0.742. The van der Waals surface area contributed by atoms with E-state index in [4.69, 9.17) is 0 Å². The minimum absolute atomic E-state index is 0.742. The summed E-state index contributed by atoms with van der Waals surface area (Å²) in [5, 5.41) is 3.68. The second kappa shape index (κ2) is 6.79. The number of rotatable bonds is 5. The quantitative estimate of drug-likeness (QED) is 0.728. The highest BCUT2D eigenvalue weighted by Gasteiger charge is 2.17. The van der Waals surface area contributed by atoms with Crippen molar-refractivity contribution < 1.29 is 0 Å². The molecule has 2 unspecified atom stereocenters. The van der Waals surface area contributed by atoms with Crippen LogP contribution < -0.4 is 5.32 Å². The van der Waals surface area contributed by atoms with Crippen LogP contribution in [0.1, 0.15) is 45.6 Å². The van der Waals surface area contributed by atoms with Crippen LogP contribution >= 0.6 is 0 Å². The third kappa shape index (κ3) is 4.12. The fourth-order valence-electron chi connectivity index (χ4n) is 3.28. The molecule has 1 aliphatic carbocycles. The summed E-state index contributed by atoms with van der Waals surface area (Å²) in [6.45, 7) is 7.96. The Hall–Kier alpha value is -1.24. The molecule has 1 aromatic carbocycles. The predicted molar refractivity (Wildman–Crippen MR) is 84.6 cm³/mol. The van der Waals surface area contributed by atoms with Crippen LogP contribution in [0, 0.1) is 11.8 Å². The SMILES string of the molecule is CCCc1ccccc1NCC1CC(C)=CC(C)C1. The zero-order chi connectivity index (χ0) is 13.7. The van der Waals surface area contributed by atoms with Gasteiger partial charge in [-0.3, -0.25) is 0 Å². The monoisotopic (exact) mass is 257 g/mol. The number of hydrogen-bond acceptors (Lipinski definition) is 1. The van der Waals surface area contributed by atoms with Crippen molar-refractivity contribution in [2.45, 2.75) is 46.5 Å². The largest absolute Gasteiger partial charge is 0.385 e. The zero-order valence-corrected chi connectivity index (χ0v) is 12.6. The number of para-hydroxylation sites is 1. The topological polar surface area (TPSA) is 12.0 Å². The van der Waals surface area contributed by atoms with Crippen LogP contribution in [0.25, 0.3) is 0 Å². The van der Waals surface area contributed by atoms with E-state index in [9.17, 15) is 0 Å². The van der Waals surface area contributed by atoms with E-state index < -0.39 is 0 Å². The van der Waals surface area contributed by atoms with Crippen LogP contribution in [0.5, 0.6) is 0 Å². The minimum Gasteiger partial charge on any atom is -0.385 e. The lowest BCUT2D eigenvalue weighted by atomic mass is 9.83. The normalized spacial score (nSPS) is 23.0. The van der Waals surface area contributed by atoms with Crippen LogP contribution in [0.15, 0.2) is 35.9 Å². The van der Waals surface area contributed by atoms with E-state index in [0.29, 0.717) is 0 Å². The molecule has 0 bridgehead atoms. The number of anilines is 1. The lowest BCUT2D eigenvalue weighted by Gasteiger charge is -2.26. The Morgan fingerprint density at radius 1 is 1.26 bits per heavy atom. The van der Waals surface area contributed by atoms with Crippen molar-refractivity contribution in [3.05, 3.63) is 41.5 Å². The molecule has 19 heavy (non-hydrogen) atoms. The van der Waals surface area contributed by atoms with Gasteiger partial charge < -0.3 is 5.32 Å². The van der Waals surface area contributed by atoms with Crippen LogP contribution in [-0.4, -0.2) is 6.54 Å². The zero-order valence-electron chi connectivity index (χ0n) is 12.6. The van der Waals surface area contributed by atoms with Crippen LogP contribution in [0.2, 0.25) is 0 Å². The third-order valence-electron chi connectivity index (χ3n) is 4.00. The number of aryl methyl sites for hydroxylation is 1. The summed E-state index contributed by atoms with van der Waals surface area (Å²) < 4.78 is 0. The van der Waals surface area contributed by atoms with Gasteiger partial charge >= 0.3 is 0 Å². The average molecular weight is 257 g/mol. The van der Waals surface area contributed by atoms with Crippen molar-refractivity contribution >= 4 is 5.69 Å². The fourth-order valence-corrected chi connectivity index (χ4v) is 3.28. The Balaban J connectivity index is 1.94. The molecule has 1 nitrogen and oxygen atoms in total. The molecule has 0 radical (unpaired) electrons. The smallest absolute Gasteiger partial charge is 0.0372 e. The van der Waals surface area contributed by atoms with Gasteiger partial charge in [0, 0.05) is 12.2 Å². The summed E-state index contributed by atoms with van der Waals surface area (Å²) in [6, 6.07) is 8.75. The molecule has 0 saturated heterocycles. The van der Waals surface area contributed by atoms with Crippen molar-refractivity contribution in [1.82, 2.24) is 0 Å². The van der Waals surface area contributed by atoms with Gasteiger partial charge in [-0.2, -0.15) is 0 Å². The second-order valence-electron chi connectivity index (χ2n) is 6.08. The molecule has 2 rings (SSSR count). The Bertz CT molecular complexity index is 433. The van der Waals surface area contributed by atoms with Gasteiger partial charge in [-0.25, -0.2) is 0 Å². The van der Waals surface area contributed by atoms with Crippen LogP contribution in [0.4, 0.5) is 5.69 Å². The second-order valence-corrected chi connectivity index (χ2v) is 6.08. The van der Waals surface area contributed by atoms with E-state index in [1.807, 2.05) is 0 Å². The Kier molecular flexibility index (Phi) is 5.07. The van der Waals surface area contributed by atoms with Crippen LogP contribution in [-0.2, 0) is 6.42 Å². The molecule has 1 heteroatoms. The van der Waals surface area contributed by atoms with E-state index in [0.717, 1.165) is 18.4 Å².